The van der Waals surface area contributed by atoms with Crippen molar-refractivity contribution in [2.45, 2.75) is 26.7 Å². The van der Waals surface area contributed by atoms with Gasteiger partial charge in [-0.3, -0.25) is 9.59 Å². The summed E-state index contributed by atoms with van der Waals surface area (Å²) in [5.74, 6) is -1.13. The summed E-state index contributed by atoms with van der Waals surface area (Å²) in [4.78, 5) is 32.0. The minimum Gasteiger partial charge on any atom is -0.268 e. The first-order chi connectivity index (χ1) is 15.3. The van der Waals surface area contributed by atoms with Crippen LogP contribution in [0.25, 0.3) is 16.7 Å². The molecule has 160 valence electrons. The van der Waals surface area contributed by atoms with Gasteiger partial charge in [-0.05, 0) is 48.7 Å². The maximum Gasteiger partial charge on any atom is 0.267 e. The van der Waals surface area contributed by atoms with Crippen LogP contribution in [0.1, 0.15) is 51.7 Å². The molecule has 8 heteroatoms. The van der Waals surface area contributed by atoms with Gasteiger partial charge in [-0.1, -0.05) is 37.6 Å². The Bertz CT molecular complexity index is 1430. The number of imide groups is 1. The standard InChI is InChI=1S/C24H18ClFN4O2/c1-12(2)14-4-7-16(8-5-14)29-23(31)17-11-27-22-20(21(17)24(29)32)13(3)28-30(22)19-9-6-15(25)10-18(19)26/h4-12H,1-3H3. The number of rotatable bonds is 3. The van der Waals surface area contributed by atoms with Crippen LogP contribution in [0.2, 0.25) is 5.02 Å². The maximum absolute atomic E-state index is 14.6. The van der Waals surface area contributed by atoms with Crippen LogP contribution in [0.4, 0.5) is 10.1 Å². The van der Waals surface area contributed by atoms with E-state index in [2.05, 4.69) is 23.9 Å². The van der Waals surface area contributed by atoms with Crippen molar-refractivity contribution in [3.8, 4) is 5.69 Å². The van der Waals surface area contributed by atoms with E-state index >= 15 is 0 Å². The zero-order valence-corrected chi connectivity index (χ0v) is 18.3. The molecule has 4 aromatic rings. The number of amides is 2. The van der Waals surface area contributed by atoms with E-state index in [1.165, 1.54) is 23.0 Å². The van der Waals surface area contributed by atoms with Gasteiger partial charge in [0.1, 0.15) is 11.5 Å². The number of halogens is 2. The van der Waals surface area contributed by atoms with Gasteiger partial charge < -0.3 is 0 Å². The number of pyridine rings is 1. The molecule has 0 fully saturated rings. The van der Waals surface area contributed by atoms with Crippen LogP contribution in [0.15, 0.2) is 48.7 Å². The molecule has 3 heterocycles. The van der Waals surface area contributed by atoms with Crippen molar-refractivity contribution in [3.63, 3.8) is 0 Å². The molecule has 6 nitrogen and oxygen atoms in total. The van der Waals surface area contributed by atoms with Gasteiger partial charge in [-0.2, -0.15) is 5.10 Å². The molecule has 1 aliphatic heterocycles. The van der Waals surface area contributed by atoms with Crippen LogP contribution in [0, 0.1) is 12.7 Å². The minimum atomic E-state index is -0.571. The summed E-state index contributed by atoms with van der Waals surface area (Å²) in [5.41, 5.74) is 2.94. The molecule has 2 aromatic carbocycles. The average molecular weight is 449 g/mol. The molecular formula is C24H18ClFN4O2. The van der Waals surface area contributed by atoms with E-state index in [1.54, 1.807) is 25.1 Å². The van der Waals surface area contributed by atoms with E-state index in [9.17, 15) is 14.0 Å². The Balaban J connectivity index is 1.66. The Morgan fingerprint density at radius 3 is 2.41 bits per heavy atom. The molecule has 0 saturated carbocycles. The van der Waals surface area contributed by atoms with Crippen molar-refractivity contribution in [1.29, 1.82) is 0 Å². The second kappa shape index (κ2) is 7.24. The highest BCUT2D eigenvalue weighted by Gasteiger charge is 2.40. The average Bonchev–Trinajstić information content (AvgIpc) is 3.22. The Labute approximate surface area is 188 Å². The number of carbonyl (C=O) groups is 2. The normalized spacial score (nSPS) is 13.5. The third-order valence-corrected chi connectivity index (χ3v) is 5.91. The van der Waals surface area contributed by atoms with E-state index in [4.69, 9.17) is 11.6 Å². The van der Waals surface area contributed by atoms with Crippen molar-refractivity contribution in [3.05, 3.63) is 81.9 Å². The molecule has 0 atom stereocenters. The first-order valence-electron chi connectivity index (χ1n) is 10.1. The number of aryl methyl sites for hydroxylation is 1. The van der Waals surface area contributed by atoms with Crippen molar-refractivity contribution >= 4 is 40.1 Å². The highest BCUT2D eigenvalue weighted by atomic mass is 35.5. The molecule has 2 aromatic heterocycles. The van der Waals surface area contributed by atoms with Crippen LogP contribution in [0.3, 0.4) is 0 Å². The number of fused-ring (bicyclic) bond motifs is 3. The molecule has 1 aliphatic rings. The summed E-state index contributed by atoms with van der Waals surface area (Å²) in [6, 6.07) is 11.6. The number of carbonyl (C=O) groups excluding carboxylic acids is 2. The predicted octanol–water partition coefficient (Wildman–Crippen LogP) is 5.45. The third-order valence-electron chi connectivity index (χ3n) is 5.68. The lowest BCUT2D eigenvalue weighted by Crippen LogP contribution is -2.29. The van der Waals surface area contributed by atoms with Gasteiger partial charge in [-0.15, -0.1) is 0 Å². The molecule has 0 spiro atoms. The lowest BCUT2D eigenvalue weighted by Gasteiger charge is -2.15. The van der Waals surface area contributed by atoms with Crippen molar-refractivity contribution < 1.29 is 14.0 Å². The second-order valence-electron chi connectivity index (χ2n) is 8.03. The molecule has 2 amide bonds. The summed E-state index contributed by atoms with van der Waals surface area (Å²) in [6.45, 7) is 5.85. The van der Waals surface area contributed by atoms with Crippen molar-refractivity contribution in [2.24, 2.45) is 0 Å². The van der Waals surface area contributed by atoms with E-state index in [0.29, 0.717) is 28.3 Å². The van der Waals surface area contributed by atoms with Gasteiger partial charge >= 0.3 is 0 Å². The summed E-state index contributed by atoms with van der Waals surface area (Å²) in [7, 11) is 0. The van der Waals surface area contributed by atoms with Crippen LogP contribution in [0.5, 0.6) is 0 Å². The van der Waals surface area contributed by atoms with Gasteiger partial charge in [0.25, 0.3) is 11.8 Å². The van der Waals surface area contributed by atoms with Crippen molar-refractivity contribution in [2.75, 3.05) is 4.90 Å². The highest BCUT2D eigenvalue weighted by Crippen LogP contribution is 2.35. The topological polar surface area (TPSA) is 68.1 Å². The number of benzene rings is 2. The fraction of sp³-hybridized carbons (Fsp3) is 0.167. The van der Waals surface area contributed by atoms with Gasteiger partial charge in [0.15, 0.2) is 5.65 Å². The van der Waals surface area contributed by atoms with E-state index < -0.39 is 17.6 Å². The van der Waals surface area contributed by atoms with Gasteiger partial charge in [0.05, 0.1) is 27.9 Å². The molecule has 0 radical (unpaired) electrons. The summed E-state index contributed by atoms with van der Waals surface area (Å²) in [5, 5.41) is 5.09. The smallest absolute Gasteiger partial charge is 0.267 e. The van der Waals surface area contributed by atoms with Crippen LogP contribution in [-0.4, -0.2) is 26.6 Å². The summed E-state index contributed by atoms with van der Waals surface area (Å²) >= 11 is 5.87. The SMILES string of the molecule is Cc1nn(-c2ccc(Cl)cc2F)c2ncc3c(c12)C(=O)N(c1ccc(C(C)C)cc1)C3=O. The van der Waals surface area contributed by atoms with Gasteiger partial charge in [0.2, 0.25) is 0 Å². The monoisotopic (exact) mass is 448 g/mol. The molecule has 5 rings (SSSR count). The largest absolute Gasteiger partial charge is 0.268 e. The van der Waals surface area contributed by atoms with E-state index in [-0.39, 0.29) is 21.8 Å². The van der Waals surface area contributed by atoms with Crippen LogP contribution >= 0.6 is 11.6 Å². The summed E-state index contributed by atoms with van der Waals surface area (Å²) in [6.07, 6.45) is 1.35. The zero-order chi connectivity index (χ0) is 22.7. The van der Waals surface area contributed by atoms with Gasteiger partial charge in [0, 0.05) is 11.2 Å². The van der Waals surface area contributed by atoms with Gasteiger partial charge in [-0.25, -0.2) is 19.0 Å². The minimum absolute atomic E-state index is 0.151. The molecule has 0 bridgehead atoms. The zero-order valence-electron chi connectivity index (χ0n) is 17.6. The fourth-order valence-electron chi connectivity index (χ4n) is 4.02. The lowest BCUT2D eigenvalue weighted by molar-refractivity contribution is 0.0926. The Hall–Kier alpha value is -3.58. The number of anilines is 1. The number of nitrogens with zero attached hydrogens (tertiary/aromatic N) is 4. The third kappa shape index (κ3) is 2.92. The molecular weight excluding hydrogens is 431 g/mol. The van der Waals surface area contributed by atoms with Crippen LogP contribution in [-0.2, 0) is 0 Å². The van der Waals surface area contributed by atoms with Crippen LogP contribution < -0.4 is 4.90 Å². The highest BCUT2D eigenvalue weighted by molar-refractivity contribution is 6.37. The summed E-state index contributed by atoms with van der Waals surface area (Å²) < 4.78 is 15.9. The number of aromatic nitrogens is 3. The lowest BCUT2D eigenvalue weighted by atomic mass is 10.0. The molecule has 0 saturated heterocycles. The van der Waals surface area contributed by atoms with Crippen molar-refractivity contribution in [1.82, 2.24) is 14.8 Å². The molecule has 0 unspecified atom stereocenters. The molecule has 0 N–H and O–H groups in total. The molecule has 0 aliphatic carbocycles. The Morgan fingerprint density at radius 1 is 1.03 bits per heavy atom. The predicted molar refractivity (Wildman–Crippen MR) is 120 cm³/mol. The number of hydrogen-bond acceptors (Lipinski definition) is 4. The quantitative estimate of drug-likeness (QED) is 0.391. The van der Waals surface area contributed by atoms with E-state index in [0.717, 1.165) is 10.5 Å². The molecule has 32 heavy (non-hydrogen) atoms. The van der Waals surface area contributed by atoms with E-state index in [1.807, 2.05) is 12.1 Å². The number of hydrogen-bond donors (Lipinski definition) is 0. The maximum atomic E-state index is 14.6. The first kappa shape index (κ1) is 20.3. The Morgan fingerprint density at radius 2 is 1.75 bits per heavy atom. The Kier molecular flexibility index (Phi) is 4.60. The first-order valence-corrected chi connectivity index (χ1v) is 10.5. The fourth-order valence-corrected chi connectivity index (χ4v) is 4.18. The second-order valence-corrected chi connectivity index (χ2v) is 8.47.